The van der Waals surface area contributed by atoms with Crippen LogP contribution in [0.2, 0.25) is 0 Å². The number of alkyl halides is 2. The van der Waals surface area contributed by atoms with Gasteiger partial charge in [-0.2, -0.15) is 0 Å². The van der Waals surface area contributed by atoms with E-state index in [1.807, 2.05) is 74.5 Å². The quantitative estimate of drug-likeness (QED) is 0.298. The molecule has 8 heteroatoms. The average molecular weight is 598 g/mol. The van der Waals surface area contributed by atoms with E-state index in [0.717, 1.165) is 42.8 Å². The van der Waals surface area contributed by atoms with E-state index >= 15 is 0 Å². The lowest BCUT2D eigenvalue weighted by atomic mass is 9.54. The predicted octanol–water partition coefficient (Wildman–Crippen LogP) is 5.99. The summed E-state index contributed by atoms with van der Waals surface area (Å²) in [7, 11) is 0. The van der Waals surface area contributed by atoms with Gasteiger partial charge in [0.1, 0.15) is 15.8 Å². The highest BCUT2D eigenvalue weighted by Gasteiger charge is 2.73. The van der Waals surface area contributed by atoms with Crippen molar-refractivity contribution in [1.29, 1.82) is 0 Å². The van der Waals surface area contributed by atoms with E-state index in [0.29, 0.717) is 5.69 Å². The third-order valence-corrected chi connectivity index (χ3v) is 10.3. The topological polar surface area (TPSA) is 66.5 Å². The van der Waals surface area contributed by atoms with Gasteiger partial charge in [0.25, 0.3) is 0 Å². The summed E-state index contributed by atoms with van der Waals surface area (Å²) in [6.07, 6.45) is 0. The van der Waals surface area contributed by atoms with Gasteiger partial charge in [-0.25, -0.2) is 0 Å². The fraction of sp³-hybridized carbons (Fsp3) is 0.276. The molecule has 0 spiro atoms. The highest BCUT2D eigenvalue weighted by molar-refractivity contribution is 9.10. The van der Waals surface area contributed by atoms with Gasteiger partial charge >= 0.3 is 0 Å². The van der Waals surface area contributed by atoms with Gasteiger partial charge in [-0.15, -0.1) is 23.2 Å². The second-order valence-corrected chi connectivity index (χ2v) is 12.1. The summed E-state index contributed by atoms with van der Waals surface area (Å²) in [5.41, 5.74) is 5.35. The van der Waals surface area contributed by atoms with Crippen LogP contribution in [0.3, 0.4) is 0 Å². The van der Waals surface area contributed by atoms with Crippen LogP contribution in [0.4, 0.5) is 5.69 Å². The van der Waals surface area contributed by atoms with Gasteiger partial charge in [-0.3, -0.25) is 19.3 Å². The average Bonchev–Trinajstić information content (AvgIpc) is 3.16. The Morgan fingerprint density at radius 1 is 0.865 bits per heavy atom. The standard InChI is InChI=1S/C29H23BrCl2N2O3/c1-14-13-22(15(2)12-21(14)30)33-25(35)16(3)34-26(36)23-24(27(34)37)29(32)18-9-5-4-8-17(18)28(23,31)19-10-6-7-11-20(19)29/h4-13,16,23-24H,1-3H3,(H,33,35)/t16-,23-,24+,28?,29?/m1/s1. The maximum absolute atomic E-state index is 14.0. The molecule has 2 bridgehead atoms. The molecule has 3 aromatic carbocycles. The van der Waals surface area contributed by atoms with Gasteiger partial charge in [0.05, 0.1) is 11.8 Å². The molecular weight excluding hydrogens is 575 g/mol. The van der Waals surface area contributed by atoms with Crippen LogP contribution >= 0.6 is 39.1 Å². The molecule has 4 aliphatic rings. The van der Waals surface area contributed by atoms with Crippen molar-refractivity contribution in [2.75, 3.05) is 5.32 Å². The minimum atomic E-state index is -1.27. The largest absolute Gasteiger partial charge is 0.324 e. The van der Waals surface area contributed by atoms with Crippen LogP contribution in [0.5, 0.6) is 0 Å². The first kappa shape index (κ1) is 24.7. The van der Waals surface area contributed by atoms with E-state index in [4.69, 9.17) is 23.2 Å². The molecule has 0 radical (unpaired) electrons. The zero-order chi connectivity index (χ0) is 26.4. The van der Waals surface area contributed by atoms with Crippen molar-refractivity contribution in [3.8, 4) is 0 Å². The summed E-state index contributed by atoms with van der Waals surface area (Å²) in [6, 6.07) is 17.7. The van der Waals surface area contributed by atoms with Gasteiger partial charge < -0.3 is 5.32 Å². The Morgan fingerprint density at radius 2 is 1.30 bits per heavy atom. The van der Waals surface area contributed by atoms with Crippen molar-refractivity contribution in [3.05, 3.63) is 98.5 Å². The van der Waals surface area contributed by atoms with Crippen molar-refractivity contribution < 1.29 is 14.4 Å². The lowest BCUT2D eigenvalue weighted by molar-refractivity contribution is -0.146. The van der Waals surface area contributed by atoms with Gasteiger partial charge in [0.2, 0.25) is 17.7 Å². The zero-order valence-corrected chi connectivity index (χ0v) is 23.4. The first-order valence-corrected chi connectivity index (χ1v) is 13.6. The van der Waals surface area contributed by atoms with Crippen molar-refractivity contribution in [2.45, 2.75) is 36.6 Å². The molecule has 7 rings (SSSR count). The molecule has 188 valence electrons. The molecule has 1 N–H and O–H groups in total. The number of likely N-dealkylation sites (tertiary alicyclic amines) is 1. The molecule has 3 aromatic rings. The Labute approximate surface area is 233 Å². The Balaban J connectivity index is 1.43. The molecule has 0 saturated carbocycles. The number of hydrogen-bond donors (Lipinski definition) is 1. The van der Waals surface area contributed by atoms with Crippen molar-refractivity contribution >= 4 is 62.5 Å². The fourth-order valence-corrected chi connectivity index (χ4v) is 7.90. The van der Waals surface area contributed by atoms with Gasteiger partial charge in [0, 0.05) is 10.2 Å². The van der Waals surface area contributed by atoms with Crippen LogP contribution in [-0.4, -0.2) is 28.7 Å². The normalized spacial score (nSPS) is 28.0. The van der Waals surface area contributed by atoms with Crippen molar-refractivity contribution in [3.63, 3.8) is 0 Å². The third kappa shape index (κ3) is 3.06. The minimum Gasteiger partial charge on any atom is -0.324 e. The van der Waals surface area contributed by atoms with E-state index in [1.165, 1.54) is 0 Å². The van der Waals surface area contributed by atoms with Gasteiger partial charge in [-0.05, 0) is 66.3 Å². The Bertz CT molecular complexity index is 1420. The minimum absolute atomic E-state index is 0.459. The number of aryl methyl sites for hydroxylation is 2. The number of nitrogens with one attached hydrogen (secondary N) is 1. The van der Waals surface area contributed by atoms with Gasteiger partial charge in [0.15, 0.2) is 0 Å². The van der Waals surface area contributed by atoms with E-state index < -0.39 is 45.3 Å². The highest BCUT2D eigenvalue weighted by atomic mass is 79.9. The SMILES string of the molecule is Cc1cc(NC(=O)[C@@H](C)N2C(=O)[C@@H]3[C@H](C2=O)C2(Cl)c4ccccc4C3(Cl)c3ccccc32)c(C)cc1Br. The number of amides is 3. The molecule has 0 aromatic heterocycles. The predicted molar refractivity (Wildman–Crippen MR) is 147 cm³/mol. The second kappa shape index (κ2) is 8.16. The molecular formula is C29H23BrCl2N2O3. The number of benzene rings is 3. The van der Waals surface area contributed by atoms with Crippen LogP contribution < -0.4 is 5.32 Å². The Morgan fingerprint density at radius 3 is 1.73 bits per heavy atom. The molecule has 1 heterocycles. The summed E-state index contributed by atoms with van der Waals surface area (Å²) in [5, 5.41) is 2.90. The number of carbonyl (C=O) groups excluding carboxylic acids is 3. The van der Waals surface area contributed by atoms with E-state index in [9.17, 15) is 14.4 Å². The number of carbonyl (C=O) groups is 3. The molecule has 37 heavy (non-hydrogen) atoms. The second-order valence-electron chi connectivity index (χ2n) is 10.1. The van der Waals surface area contributed by atoms with Crippen molar-refractivity contribution in [2.24, 2.45) is 11.8 Å². The molecule has 3 amide bonds. The molecule has 3 aliphatic carbocycles. The summed E-state index contributed by atoms with van der Waals surface area (Å²) in [5.74, 6) is -3.29. The van der Waals surface area contributed by atoms with E-state index in [1.54, 1.807) is 6.92 Å². The summed E-state index contributed by atoms with van der Waals surface area (Å²) in [4.78, 5) is 40.0. The summed E-state index contributed by atoms with van der Waals surface area (Å²) < 4.78 is 0.930. The van der Waals surface area contributed by atoms with E-state index in [-0.39, 0.29) is 0 Å². The number of halogens is 3. The number of imide groups is 1. The molecule has 1 fully saturated rings. The highest BCUT2D eigenvalue weighted by Crippen LogP contribution is 2.69. The number of anilines is 1. The number of rotatable bonds is 3. The first-order valence-electron chi connectivity index (χ1n) is 12.0. The van der Waals surface area contributed by atoms with Crippen LogP contribution in [-0.2, 0) is 24.1 Å². The molecule has 3 atom stereocenters. The summed E-state index contributed by atoms with van der Waals surface area (Å²) >= 11 is 18.4. The van der Waals surface area contributed by atoms with Crippen LogP contribution in [0.25, 0.3) is 0 Å². The smallest absolute Gasteiger partial charge is 0.247 e. The fourth-order valence-electron chi connectivity index (χ4n) is 6.34. The molecule has 0 unspecified atom stereocenters. The Hall–Kier alpha value is -2.67. The lowest BCUT2D eigenvalue weighted by Crippen LogP contribution is -2.57. The van der Waals surface area contributed by atoms with Crippen molar-refractivity contribution in [1.82, 2.24) is 4.90 Å². The monoisotopic (exact) mass is 596 g/mol. The third-order valence-electron chi connectivity index (χ3n) is 8.15. The maximum Gasteiger partial charge on any atom is 0.247 e. The summed E-state index contributed by atoms with van der Waals surface area (Å²) in [6.45, 7) is 5.37. The zero-order valence-electron chi connectivity index (χ0n) is 20.3. The van der Waals surface area contributed by atoms with E-state index in [2.05, 4.69) is 21.2 Å². The molecule has 1 aliphatic heterocycles. The van der Waals surface area contributed by atoms with Gasteiger partial charge in [-0.1, -0.05) is 64.5 Å². The maximum atomic E-state index is 14.0. The van der Waals surface area contributed by atoms with Crippen LogP contribution in [0, 0.1) is 25.7 Å². The number of hydrogen-bond acceptors (Lipinski definition) is 3. The molecule has 1 saturated heterocycles. The van der Waals surface area contributed by atoms with Crippen LogP contribution in [0.1, 0.15) is 40.3 Å². The lowest BCUT2D eigenvalue weighted by Gasteiger charge is -2.54. The molecule has 5 nitrogen and oxygen atoms in total. The van der Waals surface area contributed by atoms with Crippen LogP contribution in [0.15, 0.2) is 65.1 Å². The Kier molecular flexibility index (Phi) is 5.44. The first-order chi connectivity index (χ1) is 17.5. The number of nitrogens with zero attached hydrogens (tertiary/aromatic N) is 1.